The Kier molecular flexibility index (Phi) is 2.97. The van der Waals surface area contributed by atoms with Crippen LogP contribution in [0.3, 0.4) is 0 Å². The zero-order valence-corrected chi connectivity index (χ0v) is 6.56. The molecule has 1 rings (SSSR count). The highest BCUT2D eigenvalue weighted by atomic mass is 35.5. The first kappa shape index (κ1) is 7.83. The summed E-state index contributed by atoms with van der Waals surface area (Å²) in [6.45, 7) is 0.273. The SMILES string of the molecule is OCCCC1=CC=C(Cl)C1. The molecule has 56 valence electrons. The molecule has 0 fully saturated rings. The number of hydrogen-bond donors (Lipinski definition) is 1. The van der Waals surface area contributed by atoms with Crippen molar-refractivity contribution < 1.29 is 5.11 Å². The molecule has 0 saturated carbocycles. The molecule has 0 bridgehead atoms. The zero-order chi connectivity index (χ0) is 7.40. The van der Waals surface area contributed by atoms with Crippen LogP contribution in [0.2, 0.25) is 0 Å². The molecule has 0 atom stereocenters. The maximum absolute atomic E-state index is 8.52. The van der Waals surface area contributed by atoms with Crippen molar-refractivity contribution in [2.75, 3.05) is 6.61 Å². The van der Waals surface area contributed by atoms with Gasteiger partial charge < -0.3 is 5.11 Å². The zero-order valence-electron chi connectivity index (χ0n) is 5.81. The monoisotopic (exact) mass is 158 g/mol. The predicted molar refractivity (Wildman–Crippen MR) is 43.0 cm³/mol. The van der Waals surface area contributed by atoms with E-state index in [0.717, 1.165) is 24.3 Å². The van der Waals surface area contributed by atoms with Gasteiger partial charge in [-0.3, -0.25) is 0 Å². The second-order valence-corrected chi connectivity index (χ2v) is 2.93. The van der Waals surface area contributed by atoms with Crippen molar-refractivity contribution in [3.63, 3.8) is 0 Å². The summed E-state index contributed by atoms with van der Waals surface area (Å²) >= 11 is 5.73. The Balaban J connectivity index is 2.22. The Morgan fingerprint density at radius 3 is 2.80 bits per heavy atom. The van der Waals surface area contributed by atoms with E-state index in [4.69, 9.17) is 16.7 Å². The topological polar surface area (TPSA) is 20.2 Å². The first-order chi connectivity index (χ1) is 4.83. The Morgan fingerprint density at radius 1 is 1.50 bits per heavy atom. The lowest BCUT2D eigenvalue weighted by atomic mass is 10.1. The summed E-state index contributed by atoms with van der Waals surface area (Å²) in [7, 11) is 0. The van der Waals surface area contributed by atoms with Crippen molar-refractivity contribution in [2.24, 2.45) is 0 Å². The molecule has 0 amide bonds. The van der Waals surface area contributed by atoms with Gasteiger partial charge in [0.25, 0.3) is 0 Å². The largest absolute Gasteiger partial charge is 0.396 e. The van der Waals surface area contributed by atoms with Gasteiger partial charge in [-0.2, -0.15) is 0 Å². The molecule has 0 saturated heterocycles. The summed E-state index contributed by atoms with van der Waals surface area (Å²) in [5.74, 6) is 0. The quantitative estimate of drug-likeness (QED) is 0.668. The van der Waals surface area contributed by atoms with E-state index in [1.54, 1.807) is 0 Å². The van der Waals surface area contributed by atoms with Crippen LogP contribution >= 0.6 is 11.6 Å². The van der Waals surface area contributed by atoms with Gasteiger partial charge >= 0.3 is 0 Å². The first-order valence-corrected chi connectivity index (χ1v) is 3.85. The van der Waals surface area contributed by atoms with Crippen molar-refractivity contribution in [1.82, 2.24) is 0 Å². The molecule has 1 aliphatic carbocycles. The first-order valence-electron chi connectivity index (χ1n) is 3.48. The third-order valence-corrected chi connectivity index (χ3v) is 1.81. The van der Waals surface area contributed by atoms with Crippen LogP contribution in [0.15, 0.2) is 22.8 Å². The van der Waals surface area contributed by atoms with E-state index in [1.807, 2.05) is 12.2 Å². The third-order valence-electron chi connectivity index (χ3n) is 1.55. The molecule has 0 aromatic rings. The van der Waals surface area contributed by atoms with Gasteiger partial charge in [0.05, 0.1) is 0 Å². The molecular weight excluding hydrogens is 148 g/mol. The van der Waals surface area contributed by atoms with Gasteiger partial charge in [0.2, 0.25) is 0 Å². The number of halogens is 1. The Morgan fingerprint density at radius 2 is 2.30 bits per heavy atom. The average molecular weight is 159 g/mol. The second-order valence-electron chi connectivity index (χ2n) is 2.44. The minimum atomic E-state index is 0.273. The van der Waals surface area contributed by atoms with Crippen LogP contribution in [0.5, 0.6) is 0 Å². The molecular formula is C8H11ClO. The van der Waals surface area contributed by atoms with Crippen LogP contribution in [-0.2, 0) is 0 Å². The molecule has 0 heterocycles. The number of hydrogen-bond acceptors (Lipinski definition) is 1. The van der Waals surface area contributed by atoms with Crippen LogP contribution in [0.4, 0.5) is 0 Å². The smallest absolute Gasteiger partial charge is 0.0434 e. The lowest BCUT2D eigenvalue weighted by molar-refractivity contribution is 0.288. The predicted octanol–water partition coefficient (Wildman–Crippen LogP) is 2.21. The summed E-state index contributed by atoms with van der Waals surface area (Å²) in [6.07, 6.45) is 6.68. The molecule has 2 heteroatoms. The van der Waals surface area contributed by atoms with Crippen LogP contribution in [0.1, 0.15) is 19.3 Å². The Bertz CT molecular complexity index is 170. The van der Waals surface area contributed by atoms with Gasteiger partial charge in [0.1, 0.15) is 0 Å². The fourth-order valence-corrected chi connectivity index (χ4v) is 1.26. The average Bonchev–Trinajstić information content (AvgIpc) is 2.31. The van der Waals surface area contributed by atoms with Crippen LogP contribution < -0.4 is 0 Å². The Hall–Kier alpha value is -0.270. The van der Waals surface area contributed by atoms with Crippen molar-refractivity contribution in [1.29, 1.82) is 0 Å². The molecule has 10 heavy (non-hydrogen) atoms. The minimum Gasteiger partial charge on any atom is -0.396 e. The molecule has 0 radical (unpaired) electrons. The fourth-order valence-electron chi connectivity index (χ4n) is 1.02. The van der Waals surface area contributed by atoms with Crippen molar-refractivity contribution in [2.45, 2.75) is 19.3 Å². The van der Waals surface area contributed by atoms with E-state index >= 15 is 0 Å². The maximum atomic E-state index is 8.52. The Labute approximate surface area is 66.0 Å². The van der Waals surface area contributed by atoms with Gasteiger partial charge in [-0.1, -0.05) is 23.3 Å². The van der Waals surface area contributed by atoms with Gasteiger partial charge in [-0.25, -0.2) is 0 Å². The normalized spacial score (nSPS) is 17.0. The maximum Gasteiger partial charge on any atom is 0.0434 e. The fraction of sp³-hybridized carbons (Fsp3) is 0.500. The molecule has 1 nitrogen and oxygen atoms in total. The van der Waals surface area contributed by atoms with E-state index in [-0.39, 0.29) is 6.61 Å². The van der Waals surface area contributed by atoms with Crippen molar-refractivity contribution in [3.8, 4) is 0 Å². The van der Waals surface area contributed by atoms with Gasteiger partial charge in [-0.05, 0) is 18.9 Å². The standard InChI is InChI=1S/C8H11ClO/c9-8-4-3-7(6-8)2-1-5-10/h3-4,10H,1-2,5-6H2. The van der Waals surface area contributed by atoms with E-state index in [0.29, 0.717) is 0 Å². The molecule has 0 aromatic heterocycles. The van der Waals surface area contributed by atoms with E-state index in [9.17, 15) is 0 Å². The molecule has 0 aliphatic heterocycles. The molecule has 1 aliphatic rings. The number of rotatable bonds is 3. The highest BCUT2D eigenvalue weighted by Gasteiger charge is 2.04. The summed E-state index contributed by atoms with van der Waals surface area (Å²) in [5, 5.41) is 9.43. The lowest BCUT2D eigenvalue weighted by Gasteiger charge is -1.98. The van der Waals surface area contributed by atoms with E-state index in [2.05, 4.69) is 0 Å². The van der Waals surface area contributed by atoms with Crippen molar-refractivity contribution in [3.05, 3.63) is 22.8 Å². The number of aliphatic hydroxyl groups is 1. The summed E-state index contributed by atoms with van der Waals surface area (Å²) in [4.78, 5) is 0. The van der Waals surface area contributed by atoms with Gasteiger partial charge in [0.15, 0.2) is 0 Å². The molecule has 1 N–H and O–H groups in total. The minimum absolute atomic E-state index is 0.273. The third kappa shape index (κ3) is 2.16. The van der Waals surface area contributed by atoms with Crippen LogP contribution in [0, 0.1) is 0 Å². The van der Waals surface area contributed by atoms with E-state index in [1.165, 1.54) is 5.57 Å². The summed E-state index contributed by atoms with van der Waals surface area (Å²) < 4.78 is 0. The number of allylic oxidation sites excluding steroid dienone is 4. The van der Waals surface area contributed by atoms with Crippen molar-refractivity contribution >= 4 is 11.6 Å². The lowest BCUT2D eigenvalue weighted by Crippen LogP contribution is -1.85. The highest BCUT2D eigenvalue weighted by Crippen LogP contribution is 2.24. The second kappa shape index (κ2) is 3.79. The molecule has 0 aromatic carbocycles. The number of aliphatic hydroxyl groups excluding tert-OH is 1. The summed E-state index contributed by atoms with van der Waals surface area (Å²) in [6, 6.07) is 0. The molecule has 0 unspecified atom stereocenters. The van der Waals surface area contributed by atoms with Crippen LogP contribution in [0.25, 0.3) is 0 Å². The van der Waals surface area contributed by atoms with Gasteiger partial charge in [-0.15, -0.1) is 0 Å². The van der Waals surface area contributed by atoms with Crippen LogP contribution in [-0.4, -0.2) is 11.7 Å². The van der Waals surface area contributed by atoms with Gasteiger partial charge in [0, 0.05) is 18.1 Å². The molecule has 0 spiro atoms. The van der Waals surface area contributed by atoms with E-state index < -0.39 is 0 Å². The highest BCUT2D eigenvalue weighted by molar-refractivity contribution is 6.30. The summed E-state index contributed by atoms with van der Waals surface area (Å²) in [5.41, 5.74) is 1.33.